The molecule has 26 heavy (non-hydrogen) atoms. The highest BCUT2D eigenvalue weighted by Gasteiger charge is 2.34. The molecule has 0 radical (unpaired) electrons. The third-order valence-electron chi connectivity index (χ3n) is 5.48. The van der Waals surface area contributed by atoms with E-state index in [4.69, 9.17) is 0 Å². The second kappa shape index (κ2) is 7.50. The molecule has 0 aliphatic carbocycles. The lowest BCUT2D eigenvalue weighted by Crippen LogP contribution is -2.57. The van der Waals surface area contributed by atoms with Gasteiger partial charge in [-0.3, -0.25) is 9.69 Å². The molecule has 2 aromatic rings. The highest BCUT2D eigenvalue weighted by molar-refractivity contribution is 5.96. The fourth-order valence-electron chi connectivity index (χ4n) is 4.08. The molecule has 0 spiro atoms. The Morgan fingerprint density at radius 3 is 2.62 bits per heavy atom. The Kier molecular flexibility index (Phi) is 4.93. The summed E-state index contributed by atoms with van der Waals surface area (Å²) in [6, 6.07) is 8.22. The number of carbonyl (C=O) groups is 1. The van der Waals surface area contributed by atoms with E-state index < -0.39 is 0 Å². The summed E-state index contributed by atoms with van der Waals surface area (Å²) >= 11 is 0. The smallest absolute Gasteiger partial charge is 0.225 e. The van der Waals surface area contributed by atoms with Crippen LogP contribution in [0.2, 0.25) is 0 Å². The van der Waals surface area contributed by atoms with Gasteiger partial charge in [0.2, 0.25) is 5.95 Å². The highest BCUT2D eigenvalue weighted by Crippen LogP contribution is 2.29. The van der Waals surface area contributed by atoms with E-state index in [2.05, 4.69) is 19.8 Å². The van der Waals surface area contributed by atoms with Crippen molar-refractivity contribution in [3.8, 4) is 0 Å². The molecule has 0 saturated carbocycles. The molecule has 6 heteroatoms. The first-order chi connectivity index (χ1) is 12.7. The number of nitrogens with zero attached hydrogens (tertiary/aromatic N) is 4. The maximum Gasteiger partial charge on any atom is 0.225 e. The Morgan fingerprint density at radius 2 is 1.85 bits per heavy atom. The summed E-state index contributed by atoms with van der Waals surface area (Å²) in [5.74, 6) is 0.996. The Labute approximate surface area is 152 Å². The number of piperazine rings is 1. The Hall–Kier alpha value is -2.34. The average Bonchev–Trinajstić information content (AvgIpc) is 2.69. The van der Waals surface area contributed by atoms with Crippen molar-refractivity contribution in [2.24, 2.45) is 5.92 Å². The van der Waals surface area contributed by atoms with Gasteiger partial charge in [0, 0.05) is 56.6 Å². The van der Waals surface area contributed by atoms with Gasteiger partial charge >= 0.3 is 0 Å². The maximum atomic E-state index is 13.0. The third-order valence-corrected chi connectivity index (χ3v) is 5.48. The number of fused-ring (bicyclic) bond motifs is 1. The molecule has 2 aliphatic heterocycles. The number of anilines is 1. The van der Waals surface area contributed by atoms with Crippen molar-refractivity contribution in [2.45, 2.75) is 25.3 Å². The molecular formula is C20H23FN4O. The van der Waals surface area contributed by atoms with E-state index in [1.807, 2.05) is 6.07 Å². The lowest BCUT2D eigenvalue weighted by molar-refractivity contribution is 0.0776. The van der Waals surface area contributed by atoms with Crippen molar-refractivity contribution in [2.75, 3.05) is 31.1 Å². The molecule has 1 aromatic heterocycles. The minimum atomic E-state index is -0.303. The zero-order valence-electron chi connectivity index (χ0n) is 14.7. The van der Waals surface area contributed by atoms with Gasteiger partial charge in [-0.25, -0.2) is 14.4 Å². The van der Waals surface area contributed by atoms with Crippen LogP contribution in [-0.4, -0.2) is 52.9 Å². The van der Waals surface area contributed by atoms with Gasteiger partial charge in [0.05, 0.1) is 0 Å². The molecule has 136 valence electrons. The van der Waals surface area contributed by atoms with Gasteiger partial charge in [0.15, 0.2) is 5.78 Å². The van der Waals surface area contributed by atoms with Gasteiger partial charge in [0.1, 0.15) is 5.82 Å². The quantitative estimate of drug-likeness (QED) is 0.790. The number of hydrogen-bond acceptors (Lipinski definition) is 5. The van der Waals surface area contributed by atoms with Crippen molar-refractivity contribution in [1.82, 2.24) is 14.9 Å². The first-order valence-corrected chi connectivity index (χ1v) is 9.24. The first kappa shape index (κ1) is 17.1. The summed E-state index contributed by atoms with van der Waals surface area (Å²) in [7, 11) is 0. The number of rotatable bonds is 4. The van der Waals surface area contributed by atoms with Gasteiger partial charge in [-0.2, -0.15) is 0 Å². The summed E-state index contributed by atoms with van der Waals surface area (Å²) in [5.41, 5.74) is 0.611. The number of halogens is 1. The van der Waals surface area contributed by atoms with Crippen molar-refractivity contribution < 1.29 is 9.18 Å². The van der Waals surface area contributed by atoms with Gasteiger partial charge in [0.25, 0.3) is 0 Å². The molecule has 3 heterocycles. The number of aromatic nitrogens is 2. The molecule has 2 aliphatic rings. The van der Waals surface area contributed by atoms with Crippen molar-refractivity contribution in [1.29, 1.82) is 0 Å². The second-order valence-corrected chi connectivity index (χ2v) is 7.22. The van der Waals surface area contributed by atoms with E-state index in [9.17, 15) is 9.18 Å². The molecule has 0 unspecified atom stereocenters. The Bertz CT molecular complexity index is 752. The topological polar surface area (TPSA) is 49.3 Å². The highest BCUT2D eigenvalue weighted by atomic mass is 19.1. The summed E-state index contributed by atoms with van der Waals surface area (Å²) in [5, 5.41) is 0. The average molecular weight is 354 g/mol. The van der Waals surface area contributed by atoms with Crippen LogP contribution in [0.1, 0.15) is 29.6 Å². The van der Waals surface area contributed by atoms with E-state index in [0.29, 0.717) is 23.9 Å². The van der Waals surface area contributed by atoms with E-state index >= 15 is 0 Å². The molecule has 0 bridgehead atoms. The molecular weight excluding hydrogens is 331 g/mol. The zero-order valence-corrected chi connectivity index (χ0v) is 14.7. The van der Waals surface area contributed by atoms with Crippen LogP contribution in [0.3, 0.4) is 0 Å². The van der Waals surface area contributed by atoms with Crippen LogP contribution in [0.15, 0.2) is 42.7 Å². The normalized spacial score (nSPS) is 23.5. The predicted molar refractivity (Wildman–Crippen MR) is 97.7 cm³/mol. The van der Waals surface area contributed by atoms with Gasteiger partial charge in [-0.15, -0.1) is 0 Å². The number of carbonyl (C=O) groups excluding carboxylic acids is 1. The number of benzene rings is 1. The van der Waals surface area contributed by atoms with Gasteiger partial charge < -0.3 is 4.90 Å². The molecule has 0 amide bonds. The minimum Gasteiger partial charge on any atom is -0.338 e. The summed E-state index contributed by atoms with van der Waals surface area (Å²) in [6.45, 7) is 3.80. The predicted octanol–water partition coefficient (Wildman–Crippen LogP) is 2.79. The SMILES string of the molecule is O=C(C[C@H]1CC[C@H]2CN(c3ncccn3)CCN2C1)c1ccc(F)cc1. The lowest BCUT2D eigenvalue weighted by atomic mass is 9.87. The number of ketones is 1. The van der Waals surface area contributed by atoms with Crippen LogP contribution < -0.4 is 4.90 Å². The van der Waals surface area contributed by atoms with Crippen LogP contribution >= 0.6 is 0 Å². The second-order valence-electron chi connectivity index (χ2n) is 7.22. The molecule has 2 atom stereocenters. The van der Waals surface area contributed by atoms with Crippen molar-refractivity contribution in [3.63, 3.8) is 0 Å². The maximum absolute atomic E-state index is 13.0. The Balaban J connectivity index is 1.33. The van der Waals surface area contributed by atoms with Crippen molar-refractivity contribution in [3.05, 3.63) is 54.1 Å². The van der Waals surface area contributed by atoms with Crippen molar-refractivity contribution >= 4 is 11.7 Å². The largest absolute Gasteiger partial charge is 0.338 e. The van der Waals surface area contributed by atoms with Crippen LogP contribution in [0.4, 0.5) is 10.3 Å². The Morgan fingerprint density at radius 1 is 1.08 bits per heavy atom. The van der Waals surface area contributed by atoms with Gasteiger partial charge in [-0.1, -0.05) is 0 Å². The fraction of sp³-hybridized carbons (Fsp3) is 0.450. The van der Waals surface area contributed by atoms with E-state index in [0.717, 1.165) is 45.0 Å². The molecule has 4 rings (SSSR count). The monoisotopic (exact) mass is 354 g/mol. The van der Waals surface area contributed by atoms with Gasteiger partial charge in [-0.05, 0) is 49.1 Å². The van der Waals surface area contributed by atoms with E-state index in [1.54, 1.807) is 24.5 Å². The molecule has 2 saturated heterocycles. The first-order valence-electron chi connectivity index (χ1n) is 9.24. The zero-order chi connectivity index (χ0) is 17.9. The standard InChI is InChI=1S/C20H23FN4O/c21-17-5-3-16(4-6-17)19(26)12-15-2-7-18-14-25(11-10-24(18)13-15)20-22-8-1-9-23-20/h1,3-6,8-9,15,18H,2,7,10-14H2/t15-,18+/m1/s1. The number of piperidine rings is 1. The molecule has 0 N–H and O–H groups in total. The fourth-order valence-corrected chi connectivity index (χ4v) is 4.08. The minimum absolute atomic E-state index is 0.116. The summed E-state index contributed by atoms with van der Waals surface area (Å²) in [6.07, 6.45) is 6.25. The number of hydrogen-bond donors (Lipinski definition) is 0. The summed E-state index contributed by atoms with van der Waals surface area (Å²) in [4.78, 5) is 25.9. The van der Waals surface area contributed by atoms with Crippen LogP contribution in [0.25, 0.3) is 0 Å². The molecule has 1 aromatic carbocycles. The van der Waals surface area contributed by atoms with Crippen LogP contribution in [0.5, 0.6) is 0 Å². The summed E-state index contributed by atoms with van der Waals surface area (Å²) < 4.78 is 13.0. The van der Waals surface area contributed by atoms with Crippen LogP contribution in [0, 0.1) is 11.7 Å². The van der Waals surface area contributed by atoms with E-state index in [-0.39, 0.29) is 11.6 Å². The third kappa shape index (κ3) is 3.75. The van der Waals surface area contributed by atoms with E-state index in [1.165, 1.54) is 12.1 Å². The molecule has 5 nitrogen and oxygen atoms in total. The lowest BCUT2D eigenvalue weighted by Gasteiger charge is -2.46. The van der Waals surface area contributed by atoms with Crippen LogP contribution in [-0.2, 0) is 0 Å². The molecule has 2 fully saturated rings. The number of Topliss-reactive ketones (excluding diaryl/α,β-unsaturated/α-hetero) is 1.